The molecular formula is C16H16FNO. The summed E-state index contributed by atoms with van der Waals surface area (Å²) in [4.78, 5) is 12.1. The first kappa shape index (κ1) is 13.3. The number of halogens is 1. The zero-order chi connectivity index (χ0) is 14.0. The second-order valence-corrected chi connectivity index (χ2v) is 4.76. The molecule has 0 aliphatic carbocycles. The third-order valence-corrected chi connectivity index (χ3v) is 3.01. The summed E-state index contributed by atoms with van der Waals surface area (Å²) >= 11 is 0. The van der Waals surface area contributed by atoms with Gasteiger partial charge in [0, 0.05) is 5.56 Å². The van der Waals surface area contributed by atoms with Crippen LogP contribution in [0.1, 0.15) is 27.0 Å². The van der Waals surface area contributed by atoms with Crippen molar-refractivity contribution in [2.24, 2.45) is 0 Å². The van der Waals surface area contributed by atoms with Gasteiger partial charge in [0.1, 0.15) is 5.82 Å². The van der Waals surface area contributed by atoms with Crippen LogP contribution in [-0.2, 0) is 0 Å². The standard InChI is InChI=1S/C16H16FNO/c1-10-4-6-12(3)13(8-10)16(19)18-15-7-5-11(2)9-14(15)17/h4-9H,1-3H3,(H,18,19). The quantitative estimate of drug-likeness (QED) is 0.865. The molecule has 0 atom stereocenters. The molecule has 2 aromatic carbocycles. The molecule has 2 nitrogen and oxygen atoms in total. The molecule has 1 amide bonds. The van der Waals surface area contributed by atoms with E-state index in [9.17, 15) is 9.18 Å². The summed E-state index contributed by atoms with van der Waals surface area (Å²) in [7, 11) is 0. The fraction of sp³-hybridized carbons (Fsp3) is 0.188. The van der Waals surface area contributed by atoms with Crippen LogP contribution in [0.4, 0.5) is 10.1 Å². The highest BCUT2D eigenvalue weighted by Gasteiger charge is 2.11. The van der Waals surface area contributed by atoms with Gasteiger partial charge in [-0.2, -0.15) is 0 Å². The summed E-state index contributed by atoms with van der Waals surface area (Å²) < 4.78 is 13.7. The van der Waals surface area contributed by atoms with Gasteiger partial charge in [0.2, 0.25) is 0 Å². The Morgan fingerprint density at radius 2 is 1.63 bits per heavy atom. The van der Waals surface area contributed by atoms with Crippen molar-refractivity contribution in [3.63, 3.8) is 0 Å². The van der Waals surface area contributed by atoms with Gasteiger partial charge in [-0.25, -0.2) is 4.39 Å². The maximum Gasteiger partial charge on any atom is 0.256 e. The van der Waals surface area contributed by atoms with E-state index in [0.29, 0.717) is 5.56 Å². The molecule has 19 heavy (non-hydrogen) atoms. The number of aryl methyl sites for hydroxylation is 3. The van der Waals surface area contributed by atoms with Gasteiger partial charge in [0.15, 0.2) is 0 Å². The topological polar surface area (TPSA) is 29.1 Å². The minimum absolute atomic E-state index is 0.205. The van der Waals surface area contributed by atoms with Gasteiger partial charge in [-0.05, 0) is 50.1 Å². The fourth-order valence-corrected chi connectivity index (χ4v) is 1.89. The van der Waals surface area contributed by atoms with Crippen LogP contribution in [0.5, 0.6) is 0 Å². The van der Waals surface area contributed by atoms with E-state index in [1.807, 2.05) is 26.0 Å². The summed E-state index contributed by atoms with van der Waals surface area (Å²) in [6.45, 7) is 5.59. The van der Waals surface area contributed by atoms with Crippen LogP contribution in [-0.4, -0.2) is 5.91 Å². The molecule has 0 aromatic heterocycles. The van der Waals surface area contributed by atoms with Crippen molar-refractivity contribution >= 4 is 11.6 Å². The molecule has 0 aliphatic heterocycles. The van der Waals surface area contributed by atoms with Crippen molar-refractivity contribution in [2.75, 3.05) is 5.32 Å². The van der Waals surface area contributed by atoms with Crippen molar-refractivity contribution in [1.82, 2.24) is 0 Å². The summed E-state index contributed by atoms with van der Waals surface area (Å²) in [5.74, 6) is -0.706. The lowest BCUT2D eigenvalue weighted by atomic mass is 10.0. The monoisotopic (exact) mass is 257 g/mol. The van der Waals surface area contributed by atoms with Crippen LogP contribution in [0, 0.1) is 26.6 Å². The molecule has 0 heterocycles. The molecule has 2 rings (SSSR count). The smallest absolute Gasteiger partial charge is 0.256 e. The summed E-state index contributed by atoms with van der Waals surface area (Å²) in [5.41, 5.74) is 3.47. The van der Waals surface area contributed by atoms with E-state index in [0.717, 1.165) is 16.7 Å². The number of carbonyl (C=O) groups is 1. The predicted molar refractivity (Wildman–Crippen MR) is 75.0 cm³/mol. The third-order valence-electron chi connectivity index (χ3n) is 3.01. The van der Waals surface area contributed by atoms with Crippen LogP contribution in [0.3, 0.4) is 0 Å². The van der Waals surface area contributed by atoms with Crippen molar-refractivity contribution in [3.8, 4) is 0 Å². The normalized spacial score (nSPS) is 10.3. The van der Waals surface area contributed by atoms with E-state index in [1.54, 1.807) is 25.1 Å². The van der Waals surface area contributed by atoms with Gasteiger partial charge in [-0.1, -0.05) is 23.8 Å². The van der Waals surface area contributed by atoms with Crippen LogP contribution < -0.4 is 5.32 Å². The highest BCUT2D eigenvalue weighted by molar-refractivity contribution is 6.05. The predicted octanol–water partition coefficient (Wildman–Crippen LogP) is 4.00. The Kier molecular flexibility index (Phi) is 3.65. The number of nitrogens with one attached hydrogen (secondary N) is 1. The Balaban J connectivity index is 2.28. The van der Waals surface area contributed by atoms with E-state index in [4.69, 9.17) is 0 Å². The first-order valence-corrected chi connectivity index (χ1v) is 6.12. The SMILES string of the molecule is Cc1ccc(NC(=O)c2cc(C)ccc2C)c(F)c1. The molecule has 3 heteroatoms. The van der Waals surface area contributed by atoms with E-state index in [-0.39, 0.29) is 11.6 Å². The molecule has 0 spiro atoms. The molecule has 0 saturated carbocycles. The van der Waals surface area contributed by atoms with E-state index >= 15 is 0 Å². The van der Waals surface area contributed by atoms with Gasteiger partial charge in [-0.3, -0.25) is 4.79 Å². The lowest BCUT2D eigenvalue weighted by Crippen LogP contribution is -2.14. The third kappa shape index (κ3) is 2.99. The second kappa shape index (κ2) is 5.22. The van der Waals surface area contributed by atoms with Crippen molar-refractivity contribution in [2.45, 2.75) is 20.8 Å². The first-order valence-electron chi connectivity index (χ1n) is 6.12. The molecular weight excluding hydrogens is 241 g/mol. The molecule has 1 N–H and O–H groups in total. The molecule has 0 fully saturated rings. The largest absolute Gasteiger partial charge is 0.319 e. The number of anilines is 1. The molecule has 0 aliphatic rings. The van der Waals surface area contributed by atoms with Crippen molar-refractivity contribution < 1.29 is 9.18 Å². The minimum atomic E-state index is -0.418. The zero-order valence-corrected chi connectivity index (χ0v) is 11.3. The minimum Gasteiger partial charge on any atom is -0.319 e. The maximum absolute atomic E-state index is 13.7. The number of benzene rings is 2. The summed E-state index contributed by atoms with van der Waals surface area (Å²) in [6, 6.07) is 10.4. The molecule has 0 bridgehead atoms. The van der Waals surface area contributed by atoms with Gasteiger partial charge >= 0.3 is 0 Å². The van der Waals surface area contributed by atoms with Crippen LogP contribution in [0.2, 0.25) is 0 Å². The Labute approximate surface area is 112 Å². The van der Waals surface area contributed by atoms with Gasteiger partial charge in [0.05, 0.1) is 5.69 Å². The van der Waals surface area contributed by atoms with Crippen LogP contribution in [0.25, 0.3) is 0 Å². The highest BCUT2D eigenvalue weighted by Crippen LogP contribution is 2.18. The molecule has 0 unspecified atom stereocenters. The van der Waals surface area contributed by atoms with Gasteiger partial charge in [-0.15, -0.1) is 0 Å². The number of carbonyl (C=O) groups excluding carboxylic acids is 1. The average molecular weight is 257 g/mol. The average Bonchev–Trinajstić information content (AvgIpc) is 2.35. The van der Waals surface area contributed by atoms with Gasteiger partial charge < -0.3 is 5.32 Å². The Morgan fingerprint density at radius 1 is 1.00 bits per heavy atom. The second-order valence-electron chi connectivity index (χ2n) is 4.76. The van der Waals surface area contributed by atoms with E-state index in [2.05, 4.69) is 5.32 Å². The maximum atomic E-state index is 13.7. The lowest BCUT2D eigenvalue weighted by molar-refractivity contribution is 0.102. The van der Waals surface area contributed by atoms with Crippen LogP contribution >= 0.6 is 0 Å². The first-order chi connectivity index (χ1) is 8.97. The fourth-order valence-electron chi connectivity index (χ4n) is 1.89. The molecule has 98 valence electrons. The molecule has 0 saturated heterocycles. The molecule has 0 radical (unpaired) electrons. The summed E-state index contributed by atoms with van der Waals surface area (Å²) in [5, 5.41) is 2.61. The van der Waals surface area contributed by atoms with E-state index < -0.39 is 5.82 Å². The Morgan fingerprint density at radius 3 is 2.32 bits per heavy atom. The Hall–Kier alpha value is -2.16. The molecule has 2 aromatic rings. The Bertz CT molecular complexity index is 635. The number of amides is 1. The zero-order valence-electron chi connectivity index (χ0n) is 11.3. The number of rotatable bonds is 2. The van der Waals surface area contributed by atoms with Gasteiger partial charge in [0.25, 0.3) is 5.91 Å². The highest BCUT2D eigenvalue weighted by atomic mass is 19.1. The van der Waals surface area contributed by atoms with Crippen molar-refractivity contribution in [1.29, 1.82) is 0 Å². The summed E-state index contributed by atoms with van der Waals surface area (Å²) in [6.07, 6.45) is 0. The van der Waals surface area contributed by atoms with E-state index in [1.165, 1.54) is 6.07 Å². The number of hydrogen-bond donors (Lipinski definition) is 1. The van der Waals surface area contributed by atoms with Crippen LogP contribution in [0.15, 0.2) is 36.4 Å². The number of hydrogen-bond acceptors (Lipinski definition) is 1. The van der Waals surface area contributed by atoms with Crippen molar-refractivity contribution in [3.05, 3.63) is 64.5 Å². The lowest BCUT2D eigenvalue weighted by Gasteiger charge is -2.09.